The van der Waals surface area contributed by atoms with E-state index >= 15 is 0 Å². The lowest BCUT2D eigenvalue weighted by Crippen LogP contribution is -2.40. The van der Waals surface area contributed by atoms with Crippen LogP contribution < -0.4 is 0 Å². The lowest BCUT2D eigenvalue weighted by Gasteiger charge is -2.32. The molecule has 0 bridgehead atoms. The summed E-state index contributed by atoms with van der Waals surface area (Å²) >= 11 is 0. The molecule has 1 aliphatic rings. The standard InChI is InChI=1S/C9H14O3/c1-3-7(8-5-6-11-8)12-9(10)4-2/h4,7-8H,2-3,5-6H2,1H3. The monoisotopic (exact) mass is 170 g/mol. The molecule has 0 aromatic heterocycles. The van der Waals surface area contributed by atoms with Crippen molar-refractivity contribution >= 4 is 5.97 Å². The van der Waals surface area contributed by atoms with Crippen molar-refractivity contribution in [3.05, 3.63) is 12.7 Å². The molecule has 68 valence electrons. The van der Waals surface area contributed by atoms with E-state index in [1.54, 1.807) is 0 Å². The van der Waals surface area contributed by atoms with Gasteiger partial charge < -0.3 is 9.47 Å². The molecular formula is C9H14O3. The van der Waals surface area contributed by atoms with Crippen molar-refractivity contribution < 1.29 is 14.3 Å². The predicted molar refractivity (Wildman–Crippen MR) is 44.7 cm³/mol. The molecular weight excluding hydrogens is 156 g/mol. The van der Waals surface area contributed by atoms with Crippen LogP contribution in [-0.4, -0.2) is 24.8 Å². The molecule has 0 N–H and O–H groups in total. The topological polar surface area (TPSA) is 35.5 Å². The quantitative estimate of drug-likeness (QED) is 0.471. The Morgan fingerprint density at radius 1 is 1.92 bits per heavy atom. The third-order valence-electron chi connectivity index (χ3n) is 1.99. The molecule has 1 saturated heterocycles. The fraction of sp³-hybridized carbons (Fsp3) is 0.667. The molecule has 0 aliphatic carbocycles. The Hall–Kier alpha value is -0.830. The van der Waals surface area contributed by atoms with Gasteiger partial charge in [-0.25, -0.2) is 4.79 Å². The molecule has 2 atom stereocenters. The van der Waals surface area contributed by atoms with Crippen LogP contribution in [0.4, 0.5) is 0 Å². The Bertz CT molecular complexity index is 173. The first kappa shape index (κ1) is 9.26. The first-order chi connectivity index (χ1) is 5.77. The summed E-state index contributed by atoms with van der Waals surface area (Å²) < 4.78 is 10.3. The van der Waals surface area contributed by atoms with E-state index in [-0.39, 0.29) is 18.2 Å². The van der Waals surface area contributed by atoms with Crippen molar-refractivity contribution in [2.45, 2.75) is 32.0 Å². The minimum absolute atomic E-state index is 0.0933. The highest BCUT2D eigenvalue weighted by molar-refractivity contribution is 5.81. The third kappa shape index (κ3) is 2.08. The second kappa shape index (κ2) is 4.26. The highest BCUT2D eigenvalue weighted by atomic mass is 16.6. The summed E-state index contributed by atoms with van der Waals surface area (Å²) in [7, 11) is 0. The van der Waals surface area contributed by atoms with E-state index < -0.39 is 0 Å². The molecule has 3 nitrogen and oxygen atoms in total. The second-order valence-corrected chi connectivity index (χ2v) is 2.79. The zero-order valence-electron chi connectivity index (χ0n) is 7.29. The number of ether oxygens (including phenoxy) is 2. The molecule has 1 aliphatic heterocycles. The van der Waals surface area contributed by atoms with Gasteiger partial charge in [0.05, 0.1) is 6.10 Å². The molecule has 12 heavy (non-hydrogen) atoms. The van der Waals surface area contributed by atoms with Crippen LogP contribution in [0.1, 0.15) is 19.8 Å². The van der Waals surface area contributed by atoms with Crippen LogP contribution in [0.15, 0.2) is 12.7 Å². The minimum Gasteiger partial charge on any atom is -0.456 e. The van der Waals surface area contributed by atoms with E-state index in [4.69, 9.17) is 9.47 Å². The van der Waals surface area contributed by atoms with Gasteiger partial charge in [0.25, 0.3) is 0 Å². The molecule has 2 unspecified atom stereocenters. The fourth-order valence-electron chi connectivity index (χ4n) is 1.17. The Morgan fingerprint density at radius 3 is 2.92 bits per heavy atom. The average Bonchev–Trinajstić information content (AvgIpc) is 1.99. The first-order valence-electron chi connectivity index (χ1n) is 4.22. The van der Waals surface area contributed by atoms with Crippen molar-refractivity contribution in [3.8, 4) is 0 Å². The summed E-state index contributed by atoms with van der Waals surface area (Å²) in [5.41, 5.74) is 0. The van der Waals surface area contributed by atoms with Gasteiger partial charge in [0.1, 0.15) is 6.10 Å². The summed E-state index contributed by atoms with van der Waals surface area (Å²) in [5.74, 6) is -0.364. The maximum Gasteiger partial charge on any atom is 0.330 e. The van der Waals surface area contributed by atoms with Crippen LogP contribution in [-0.2, 0) is 14.3 Å². The lowest BCUT2D eigenvalue weighted by atomic mass is 10.1. The van der Waals surface area contributed by atoms with Gasteiger partial charge in [0.2, 0.25) is 0 Å². The molecule has 3 heteroatoms. The normalized spacial score (nSPS) is 23.9. The van der Waals surface area contributed by atoms with Crippen molar-refractivity contribution in [2.24, 2.45) is 0 Å². The van der Waals surface area contributed by atoms with Gasteiger partial charge in [0, 0.05) is 19.1 Å². The van der Waals surface area contributed by atoms with E-state index in [0.29, 0.717) is 0 Å². The molecule has 0 aromatic carbocycles. The van der Waals surface area contributed by atoms with E-state index in [0.717, 1.165) is 19.4 Å². The molecule has 1 fully saturated rings. The largest absolute Gasteiger partial charge is 0.456 e. The molecule has 0 radical (unpaired) electrons. The van der Waals surface area contributed by atoms with E-state index in [9.17, 15) is 4.79 Å². The Balaban J connectivity index is 2.33. The van der Waals surface area contributed by atoms with Crippen LogP contribution in [0.25, 0.3) is 0 Å². The number of esters is 1. The predicted octanol–water partition coefficient (Wildman–Crippen LogP) is 1.28. The van der Waals surface area contributed by atoms with E-state index in [2.05, 4.69) is 6.58 Å². The van der Waals surface area contributed by atoms with Crippen LogP contribution in [0.2, 0.25) is 0 Å². The summed E-state index contributed by atoms with van der Waals surface area (Å²) in [6, 6.07) is 0. The smallest absolute Gasteiger partial charge is 0.330 e. The number of rotatable bonds is 4. The average molecular weight is 170 g/mol. The van der Waals surface area contributed by atoms with Crippen LogP contribution in [0.3, 0.4) is 0 Å². The van der Waals surface area contributed by atoms with Gasteiger partial charge in [-0.15, -0.1) is 0 Å². The lowest BCUT2D eigenvalue weighted by molar-refractivity contribution is -0.165. The van der Waals surface area contributed by atoms with Gasteiger partial charge in [-0.1, -0.05) is 13.5 Å². The van der Waals surface area contributed by atoms with E-state index in [1.165, 1.54) is 6.08 Å². The van der Waals surface area contributed by atoms with Crippen molar-refractivity contribution in [1.29, 1.82) is 0 Å². The van der Waals surface area contributed by atoms with Crippen molar-refractivity contribution in [1.82, 2.24) is 0 Å². The fourth-order valence-corrected chi connectivity index (χ4v) is 1.17. The zero-order chi connectivity index (χ0) is 8.97. The summed E-state index contributed by atoms with van der Waals surface area (Å²) in [4.78, 5) is 10.8. The highest BCUT2D eigenvalue weighted by Crippen LogP contribution is 2.19. The zero-order valence-corrected chi connectivity index (χ0v) is 7.29. The van der Waals surface area contributed by atoms with Crippen LogP contribution in [0, 0.1) is 0 Å². The highest BCUT2D eigenvalue weighted by Gasteiger charge is 2.29. The van der Waals surface area contributed by atoms with Crippen LogP contribution in [0.5, 0.6) is 0 Å². The summed E-state index contributed by atoms with van der Waals surface area (Å²) in [6.07, 6.45) is 2.98. The molecule has 0 saturated carbocycles. The van der Waals surface area contributed by atoms with Crippen molar-refractivity contribution in [3.63, 3.8) is 0 Å². The molecule has 0 spiro atoms. The third-order valence-corrected chi connectivity index (χ3v) is 1.99. The Morgan fingerprint density at radius 2 is 2.58 bits per heavy atom. The summed E-state index contributed by atoms with van der Waals surface area (Å²) in [5, 5.41) is 0. The second-order valence-electron chi connectivity index (χ2n) is 2.79. The number of carbonyl (C=O) groups is 1. The Kier molecular flexibility index (Phi) is 3.29. The maximum absolute atomic E-state index is 10.8. The SMILES string of the molecule is C=CC(=O)OC(CC)C1CCO1. The minimum atomic E-state index is -0.364. The molecule has 0 amide bonds. The van der Waals surface area contributed by atoms with Gasteiger partial charge in [-0.2, -0.15) is 0 Å². The van der Waals surface area contributed by atoms with Gasteiger partial charge in [-0.3, -0.25) is 0 Å². The summed E-state index contributed by atoms with van der Waals surface area (Å²) in [6.45, 7) is 6.10. The van der Waals surface area contributed by atoms with Gasteiger partial charge in [0.15, 0.2) is 0 Å². The van der Waals surface area contributed by atoms with Gasteiger partial charge in [-0.05, 0) is 6.42 Å². The number of carbonyl (C=O) groups excluding carboxylic acids is 1. The molecule has 0 aromatic rings. The first-order valence-corrected chi connectivity index (χ1v) is 4.22. The maximum atomic E-state index is 10.8. The van der Waals surface area contributed by atoms with E-state index in [1.807, 2.05) is 6.92 Å². The molecule has 1 rings (SSSR count). The van der Waals surface area contributed by atoms with Gasteiger partial charge >= 0.3 is 5.97 Å². The van der Waals surface area contributed by atoms with Crippen molar-refractivity contribution in [2.75, 3.05) is 6.61 Å². The Labute approximate surface area is 72.4 Å². The molecule has 1 heterocycles. The number of hydrogen-bond donors (Lipinski definition) is 0. The van der Waals surface area contributed by atoms with Crippen LogP contribution >= 0.6 is 0 Å². The number of hydrogen-bond acceptors (Lipinski definition) is 3.